The number of nitrogens with one attached hydrogen (secondary N) is 4. The first-order chi connectivity index (χ1) is 33.8. The van der Waals surface area contributed by atoms with Gasteiger partial charge in [0.05, 0.1) is 35.1 Å². The highest BCUT2D eigenvalue weighted by atomic mass is 35.5. The minimum atomic E-state index is -0.824. The van der Waals surface area contributed by atoms with E-state index in [0.717, 1.165) is 82.4 Å². The molecule has 6 N–H and O–H groups in total. The van der Waals surface area contributed by atoms with Gasteiger partial charge in [-0.2, -0.15) is 0 Å². The molecule has 1 aliphatic carbocycles. The Labute approximate surface area is 412 Å². The van der Waals surface area contributed by atoms with Crippen LogP contribution in [-0.2, 0) is 9.59 Å². The summed E-state index contributed by atoms with van der Waals surface area (Å²) in [5, 5.41) is 10.2. The fourth-order valence-corrected chi connectivity index (χ4v) is 10.9. The average molecular weight is 967 g/mol. The molecule has 15 heteroatoms. The van der Waals surface area contributed by atoms with E-state index in [2.05, 4.69) is 42.3 Å². The Morgan fingerprint density at radius 1 is 0.886 bits per heavy atom. The van der Waals surface area contributed by atoms with Gasteiger partial charge in [-0.3, -0.25) is 19.4 Å². The van der Waals surface area contributed by atoms with E-state index >= 15 is 4.39 Å². The van der Waals surface area contributed by atoms with E-state index < -0.39 is 23.7 Å². The molecule has 0 unspecified atom stereocenters. The van der Waals surface area contributed by atoms with Crippen molar-refractivity contribution in [1.82, 2.24) is 25.6 Å². The summed E-state index contributed by atoms with van der Waals surface area (Å²) in [6.07, 6.45) is 11.9. The Balaban J connectivity index is 1.08. The number of H-pyrrole nitrogens is 1. The lowest BCUT2D eigenvalue weighted by Gasteiger charge is -2.46. The Morgan fingerprint density at radius 2 is 1.69 bits per heavy atom. The number of carbonyl (C=O) groups excluding carboxylic acids is 3. The number of piperidine rings is 2. The summed E-state index contributed by atoms with van der Waals surface area (Å²) < 4.78 is 32.4. The van der Waals surface area contributed by atoms with Crippen LogP contribution in [0.2, 0.25) is 5.02 Å². The fourth-order valence-electron chi connectivity index (χ4n) is 10.7. The Kier molecular flexibility index (Phi) is 14.3. The van der Waals surface area contributed by atoms with E-state index in [1.54, 1.807) is 67.7 Å². The first-order valence-corrected chi connectivity index (χ1v) is 24.5. The van der Waals surface area contributed by atoms with Gasteiger partial charge in [0.25, 0.3) is 5.91 Å². The van der Waals surface area contributed by atoms with Gasteiger partial charge in [-0.1, -0.05) is 48.5 Å². The number of benzene rings is 3. The average Bonchev–Trinajstić information content (AvgIpc) is 3.80. The van der Waals surface area contributed by atoms with Crippen molar-refractivity contribution < 1.29 is 23.2 Å². The summed E-state index contributed by atoms with van der Waals surface area (Å²) >= 11 is 6.33. The number of anilines is 3. The predicted octanol–water partition coefficient (Wildman–Crippen LogP) is 10.3. The number of rotatable bonds is 14. The minimum absolute atomic E-state index is 0.0282. The summed E-state index contributed by atoms with van der Waals surface area (Å²) in [6.45, 7) is 8.42. The number of halogens is 3. The number of amides is 3. The molecule has 5 heterocycles. The highest BCUT2D eigenvalue weighted by Crippen LogP contribution is 2.46. The van der Waals surface area contributed by atoms with Gasteiger partial charge in [-0.15, -0.1) is 0 Å². The number of carbonyl (C=O) groups is 3. The smallest absolute Gasteiger partial charge is 0.253 e. The van der Waals surface area contributed by atoms with Crippen molar-refractivity contribution >= 4 is 46.5 Å². The first-order valence-electron chi connectivity index (χ1n) is 24.1. The monoisotopic (exact) mass is 965 g/mol. The van der Waals surface area contributed by atoms with Crippen molar-refractivity contribution in [3.8, 4) is 33.8 Å². The number of nitrogens with zero attached hydrogens (tertiary/aromatic N) is 4. The van der Waals surface area contributed by atoms with Crippen molar-refractivity contribution in [3.05, 3.63) is 149 Å². The van der Waals surface area contributed by atoms with Crippen LogP contribution in [0, 0.1) is 24.0 Å². The van der Waals surface area contributed by atoms with E-state index in [9.17, 15) is 18.8 Å². The summed E-state index contributed by atoms with van der Waals surface area (Å²) in [5.41, 5.74) is 11.0. The van der Waals surface area contributed by atoms with Gasteiger partial charge in [0.1, 0.15) is 17.5 Å². The second-order valence-corrected chi connectivity index (χ2v) is 19.5. The van der Waals surface area contributed by atoms with Crippen LogP contribution in [0.3, 0.4) is 0 Å². The largest absolute Gasteiger partial charge is 0.371 e. The molecule has 0 radical (unpaired) electrons. The molecule has 12 nitrogen and oxygen atoms in total. The van der Waals surface area contributed by atoms with Gasteiger partial charge in [-0.25, -0.2) is 13.8 Å². The quantitative estimate of drug-likeness (QED) is 0.0675. The van der Waals surface area contributed by atoms with Gasteiger partial charge < -0.3 is 36.5 Å². The molecular formula is C55H58ClF2N9O3. The third-order valence-electron chi connectivity index (χ3n) is 14.4. The number of hydrogen-bond acceptors (Lipinski definition) is 8. The van der Waals surface area contributed by atoms with E-state index in [0.29, 0.717) is 51.2 Å². The van der Waals surface area contributed by atoms with Crippen LogP contribution in [0.1, 0.15) is 85.3 Å². The van der Waals surface area contributed by atoms with Gasteiger partial charge in [0.15, 0.2) is 0 Å². The van der Waals surface area contributed by atoms with Crippen LogP contribution in [-0.4, -0.2) is 70.9 Å². The standard InChI is InChI=1S/C55H58ClF2N9O3/c1-3-49(69)63-38-17-19-55(20-18-38)21-25-66(26-22-55)41-29-46(64-48(30-41)62-39-12-8-24-67(33-39)40-13-7-11-37(57)28-40)42-16-15-34(2)50(52(42)58)51-43(32-61-53(51)44-14-4-5-23-60-44)54(70)65-45(31-47(59)68)35-9-6-10-36(56)27-35/h3-7,9-11,13-16,23,27-30,32,38-39,45,61H,1,8,12,17-22,24-26,31,33H2,2H3,(H2,59,68)(H,62,64)(H,63,69)(H,65,70)/t39-,45+/m1/s1. The van der Waals surface area contributed by atoms with E-state index in [-0.39, 0.29) is 52.3 Å². The molecule has 2 saturated heterocycles. The van der Waals surface area contributed by atoms with Gasteiger partial charge in [0.2, 0.25) is 11.8 Å². The number of hydrogen-bond donors (Lipinski definition) is 5. The van der Waals surface area contributed by atoms with Crippen LogP contribution in [0.15, 0.2) is 116 Å². The SMILES string of the molecule is C=CC(=O)NC1CCC2(CC1)CCN(c1cc(N[C@@H]3CCCN(c4cccc(F)c4)C3)nc(-c3ccc(C)c(-c4c(C(=O)N[C@@H](CC(N)=O)c5cccc(Cl)c5)c[nH]c4-c4ccccn4)c3F)c1)CC2. The molecule has 2 atom stereocenters. The molecule has 362 valence electrons. The van der Waals surface area contributed by atoms with Gasteiger partial charge in [-0.05, 0) is 136 Å². The van der Waals surface area contributed by atoms with Crippen LogP contribution in [0.5, 0.6) is 0 Å². The predicted molar refractivity (Wildman–Crippen MR) is 273 cm³/mol. The molecule has 6 aromatic rings. The normalized spacial score (nSPS) is 17.5. The van der Waals surface area contributed by atoms with Gasteiger partial charge in [0, 0.05) is 89.8 Å². The molecule has 3 aliphatic rings. The van der Waals surface area contributed by atoms with Crippen LogP contribution >= 0.6 is 11.6 Å². The first kappa shape index (κ1) is 48.0. The second kappa shape index (κ2) is 20.9. The van der Waals surface area contributed by atoms with Crippen molar-refractivity contribution in [3.63, 3.8) is 0 Å². The maximum atomic E-state index is 18.1. The summed E-state index contributed by atoms with van der Waals surface area (Å²) in [7, 11) is 0. The van der Waals surface area contributed by atoms with E-state index in [1.165, 1.54) is 18.3 Å². The molecule has 3 aromatic heterocycles. The zero-order valence-corrected chi connectivity index (χ0v) is 40.0. The third kappa shape index (κ3) is 10.7. The zero-order valence-electron chi connectivity index (χ0n) is 39.2. The van der Waals surface area contributed by atoms with E-state index in [4.69, 9.17) is 22.3 Å². The topological polar surface area (TPSA) is 161 Å². The van der Waals surface area contributed by atoms with Crippen LogP contribution < -0.4 is 31.5 Å². The number of aryl methyl sites for hydroxylation is 1. The molecular weight excluding hydrogens is 908 g/mol. The molecule has 70 heavy (non-hydrogen) atoms. The van der Waals surface area contributed by atoms with Crippen molar-refractivity contribution in [2.75, 3.05) is 41.3 Å². The molecule has 3 aromatic carbocycles. The van der Waals surface area contributed by atoms with Crippen LogP contribution in [0.25, 0.3) is 33.8 Å². The Morgan fingerprint density at radius 3 is 2.41 bits per heavy atom. The fraction of sp³-hybridized carbons (Fsp3) is 0.327. The highest BCUT2D eigenvalue weighted by Gasteiger charge is 2.39. The molecule has 2 aliphatic heterocycles. The second-order valence-electron chi connectivity index (χ2n) is 19.0. The molecule has 3 amide bonds. The summed E-state index contributed by atoms with van der Waals surface area (Å²) in [6, 6.07) is 25.8. The minimum Gasteiger partial charge on any atom is -0.371 e. The molecule has 9 rings (SSSR count). The molecule has 3 fully saturated rings. The highest BCUT2D eigenvalue weighted by molar-refractivity contribution is 6.30. The van der Waals surface area contributed by atoms with Crippen molar-refractivity contribution in [2.24, 2.45) is 11.1 Å². The lowest BCUT2D eigenvalue weighted by atomic mass is 9.67. The molecule has 1 saturated carbocycles. The lowest BCUT2D eigenvalue weighted by molar-refractivity contribution is -0.119. The van der Waals surface area contributed by atoms with Crippen molar-refractivity contribution in [1.29, 1.82) is 0 Å². The number of nitrogens with two attached hydrogens (primary N) is 1. The number of aromatic nitrogens is 3. The zero-order chi connectivity index (χ0) is 48.9. The van der Waals surface area contributed by atoms with Gasteiger partial charge >= 0.3 is 0 Å². The number of pyridine rings is 2. The lowest BCUT2D eigenvalue weighted by Crippen LogP contribution is -2.45. The summed E-state index contributed by atoms with van der Waals surface area (Å²) in [4.78, 5) is 56.4. The van der Waals surface area contributed by atoms with Crippen molar-refractivity contribution in [2.45, 2.75) is 82.8 Å². The third-order valence-corrected chi connectivity index (χ3v) is 14.6. The Hall–Kier alpha value is -7.06. The maximum Gasteiger partial charge on any atom is 0.253 e. The Bertz CT molecular complexity index is 2890. The molecule has 0 bridgehead atoms. The summed E-state index contributed by atoms with van der Waals surface area (Å²) in [5.74, 6) is -1.58. The van der Waals surface area contributed by atoms with E-state index in [1.807, 2.05) is 30.3 Å². The van der Waals surface area contributed by atoms with Crippen LogP contribution in [0.4, 0.5) is 26.0 Å². The number of aromatic amines is 1. The maximum absolute atomic E-state index is 18.1. The number of primary amides is 1. The molecule has 1 spiro atoms.